The zero-order valence-corrected chi connectivity index (χ0v) is 16.3. The standard InChI is InChI=1S/C23H24N4O2/c28-22(19-9-5-2-6-10-19)11-12-23(29)25-27-21-17-26(16-20(21)15-24-27)14-13-18-7-3-1-4-8-18/h1-10,15H,11-14,16-17H2,(H,25,29). The van der Waals surface area contributed by atoms with Crippen molar-refractivity contribution in [3.63, 3.8) is 0 Å². The number of fused-ring (bicyclic) bond motifs is 1. The second kappa shape index (κ2) is 8.84. The summed E-state index contributed by atoms with van der Waals surface area (Å²) in [6.07, 6.45) is 3.13. The van der Waals surface area contributed by atoms with Crippen LogP contribution in [0.15, 0.2) is 66.9 Å². The summed E-state index contributed by atoms with van der Waals surface area (Å²) in [6, 6.07) is 19.5. The summed E-state index contributed by atoms with van der Waals surface area (Å²) in [5.41, 5.74) is 6.92. The first kappa shape index (κ1) is 19.1. The molecule has 1 aromatic heterocycles. The first-order chi connectivity index (χ1) is 14.2. The molecule has 0 aliphatic carbocycles. The first-order valence-electron chi connectivity index (χ1n) is 9.89. The molecule has 0 saturated heterocycles. The lowest BCUT2D eigenvalue weighted by atomic mass is 10.1. The number of benzene rings is 2. The van der Waals surface area contributed by atoms with E-state index in [4.69, 9.17) is 0 Å². The van der Waals surface area contributed by atoms with Crippen molar-refractivity contribution < 1.29 is 9.59 Å². The molecule has 2 aromatic carbocycles. The molecule has 0 spiro atoms. The van der Waals surface area contributed by atoms with Crippen LogP contribution >= 0.6 is 0 Å². The normalized spacial score (nSPS) is 13.2. The summed E-state index contributed by atoms with van der Waals surface area (Å²) < 4.78 is 0. The molecule has 6 nitrogen and oxygen atoms in total. The van der Waals surface area contributed by atoms with Crippen LogP contribution in [0.25, 0.3) is 0 Å². The second-order valence-electron chi connectivity index (χ2n) is 7.30. The van der Waals surface area contributed by atoms with Gasteiger partial charge in [0.1, 0.15) is 0 Å². The molecule has 4 rings (SSSR count). The monoisotopic (exact) mass is 388 g/mol. The number of carbonyl (C=O) groups excluding carboxylic acids is 2. The van der Waals surface area contributed by atoms with Crippen LogP contribution in [-0.4, -0.2) is 33.0 Å². The number of hydrogen-bond donors (Lipinski definition) is 1. The molecular weight excluding hydrogens is 364 g/mol. The highest BCUT2D eigenvalue weighted by Crippen LogP contribution is 2.22. The van der Waals surface area contributed by atoms with Crippen molar-refractivity contribution in [1.82, 2.24) is 14.8 Å². The van der Waals surface area contributed by atoms with Gasteiger partial charge in [-0.3, -0.25) is 14.5 Å². The Bertz CT molecular complexity index is 983. The Morgan fingerprint density at radius 3 is 2.41 bits per heavy atom. The van der Waals surface area contributed by atoms with Crippen LogP contribution in [0.1, 0.15) is 40.0 Å². The molecule has 1 aliphatic rings. The van der Waals surface area contributed by atoms with E-state index < -0.39 is 0 Å². The predicted molar refractivity (Wildman–Crippen MR) is 111 cm³/mol. The lowest BCUT2D eigenvalue weighted by Gasteiger charge is -2.15. The average molecular weight is 388 g/mol. The summed E-state index contributed by atoms with van der Waals surface area (Å²) in [5.74, 6) is -0.235. The van der Waals surface area contributed by atoms with Gasteiger partial charge in [0.2, 0.25) is 5.91 Å². The second-order valence-corrected chi connectivity index (χ2v) is 7.30. The molecule has 0 bridgehead atoms. The fraction of sp³-hybridized carbons (Fsp3) is 0.261. The minimum absolute atomic E-state index is 0.0291. The topological polar surface area (TPSA) is 67.2 Å². The number of Topliss-reactive ketones (excluding diaryl/α,β-unsaturated/α-hetero) is 1. The van der Waals surface area contributed by atoms with Crippen molar-refractivity contribution in [2.75, 3.05) is 12.0 Å². The number of aromatic nitrogens is 2. The third-order valence-electron chi connectivity index (χ3n) is 5.19. The van der Waals surface area contributed by atoms with E-state index in [1.165, 1.54) is 5.56 Å². The summed E-state index contributed by atoms with van der Waals surface area (Å²) >= 11 is 0. The highest BCUT2D eigenvalue weighted by molar-refractivity contribution is 5.98. The lowest BCUT2D eigenvalue weighted by molar-refractivity contribution is -0.117. The van der Waals surface area contributed by atoms with E-state index in [1.807, 2.05) is 30.5 Å². The van der Waals surface area contributed by atoms with Crippen molar-refractivity contribution >= 4 is 11.7 Å². The minimum atomic E-state index is -0.206. The van der Waals surface area contributed by atoms with Gasteiger partial charge in [0.05, 0.1) is 11.9 Å². The van der Waals surface area contributed by atoms with Gasteiger partial charge in [-0.1, -0.05) is 60.7 Å². The molecule has 0 saturated carbocycles. The van der Waals surface area contributed by atoms with Crippen LogP contribution in [-0.2, 0) is 24.3 Å². The number of carbonyl (C=O) groups is 2. The maximum absolute atomic E-state index is 12.3. The van der Waals surface area contributed by atoms with E-state index in [0.29, 0.717) is 5.56 Å². The Morgan fingerprint density at radius 2 is 1.66 bits per heavy atom. The smallest absolute Gasteiger partial charge is 0.240 e. The van der Waals surface area contributed by atoms with Gasteiger partial charge < -0.3 is 0 Å². The maximum atomic E-state index is 12.3. The molecular formula is C23H24N4O2. The lowest BCUT2D eigenvalue weighted by Crippen LogP contribution is -2.27. The summed E-state index contributed by atoms with van der Waals surface area (Å²) in [7, 11) is 0. The largest absolute Gasteiger partial charge is 0.294 e. The van der Waals surface area contributed by atoms with Gasteiger partial charge >= 0.3 is 0 Å². The first-order valence-corrected chi connectivity index (χ1v) is 9.89. The molecule has 0 atom stereocenters. The Kier molecular flexibility index (Phi) is 5.81. The van der Waals surface area contributed by atoms with Crippen molar-refractivity contribution in [2.45, 2.75) is 32.4 Å². The maximum Gasteiger partial charge on any atom is 0.240 e. The Morgan fingerprint density at radius 1 is 0.931 bits per heavy atom. The van der Waals surface area contributed by atoms with Crippen LogP contribution in [0.2, 0.25) is 0 Å². The van der Waals surface area contributed by atoms with Crippen molar-refractivity contribution in [2.24, 2.45) is 0 Å². The molecule has 6 heteroatoms. The Labute approximate surface area is 170 Å². The molecule has 1 aliphatic heterocycles. The Hall–Kier alpha value is -3.25. The zero-order valence-electron chi connectivity index (χ0n) is 16.3. The van der Waals surface area contributed by atoms with E-state index >= 15 is 0 Å². The minimum Gasteiger partial charge on any atom is -0.294 e. The molecule has 0 unspecified atom stereocenters. The summed E-state index contributed by atoms with van der Waals surface area (Å²) in [4.78, 5) is 28.4. The van der Waals surface area contributed by atoms with Gasteiger partial charge in [-0.15, -0.1) is 0 Å². The van der Waals surface area contributed by atoms with E-state index in [0.717, 1.165) is 37.3 Å². The van der Waals surface area contributed by atoms with E-state index in [1.54, 1.807) is 16.9 Å². The van der Waals surface area contributed by atoms with E-state index in [-0.39, 0.29) is 24.5 Å². The van der Waals surface area contributed by atoms with Gasteiger partial charge in [0.15, 0.2) is 5.78 Å². The molecule has 0 radical (unpaired) electrons. The van der Waals surface area contributed by atoms with E-state index in [2.05, 4.69) is 39.7 Å². The van der Waals surface area contributed by atoms with Gasteiger partial charge in [0, 0.05) is 43.6 Å². The van der Waals surface area contributed by atoms with Crippen molar-refractivity contribution in [3.8, 4) is 0 Å². The number of ketones is 1. The fourth-order valence-electron chi connectivity index (χ4n) is 3.57. The summed E-state index contributed by atoms with van der Waals surface area (Å²) in [5, 5.41) is 4.29. The van der Waals surface area contributed by atoms with E-state index in [9.17, 15) is 9.59 Å². The van der Waals surface area contributed by atoms with Gasteiger partial charge in [0.25, 0.3) is 0 Å². The number of nitrogens with one attached hydrogen (secondary N) is 1. The van der Waals surface area contributed by atoms with Gasteiger partial charge in [-0.05, 0) is 12.0 Å². The fourth-order valence-corrected chi connectivity index (χ4v) is 3.57. The predicted octanol–water partition coefficient (Wildman–Crippen LogP) is 3.17. The van der Waals surface area contributed by atoms with Crippen LogP contribution in [0, 0.1) is 0 Å². The quantitative estimate of drug-likeness (QED) is 0.602. The summed E-state index contributed by atoms with van der Waals surface area (Å²) in [6.45, 7) is 2.55. The third-order valence-corrected chi connectivity index (χ3v) is 5.19. The van der Waals surface area contributed by atoms with Crippen LogP contribution in [0.3, 0.4) is 0 Å². The van der Waals surface area contributed by atoms with Gasteiger partial charge in [-0.2, -0.15) is 9.89 Å². The number of rotatable bonds is 8. The molecule has 1 N–H and O–H groups in total. The Balaban J connectivity index is 1.27. The highest BCUT2D eigenvalue weighted by atomic mass is 16.2. The average Bonchev–Trinajstić information content (AvgIpc) is 3.33. The molecule has 3 aromatic rings. The molecule has 0 fully saturated rings. The third kappa shape index (κ3) is 4.78. The number of amides is 1. The number of nitrogens with zero attached hydrogens (tertiary/aromatic N) is 3. The van der Waals surface area contributed by atoms with Crippen molar-refractivity contribution in [1.29, 1.82) is 0 Å². The highest BCUT2D eigenvalue weighted by Gasteiger charge is 2.24. The van der Waals surface area contributed by atoms with Gasteiger partial charge in [-0.25, -0.2) is 5.43 Å². The zero-order chi connectivity index (χ0) is 20.1. The van der Waals surface area contributed by atoms with Crippen molar-refractivity contribution in [3.05, 3.63) is 89.2 Å². The SMILES string of the molecule is O=C(CCC(=O)c1ccccc1)Nn1ncc2c1CN(CCc1ccccc1)C2. The van der Waals surface area contributed by atoms with Crippen LogP contribution in [0.5, 0.6) is 0 Å². The van der Waals surface area contributed by atoms with Crippen LogP contribution in [0.4, 0.5) is 0 Å². The number of hydrogen-bond acceptors (Lipinski definition) is 4. The molecule has 1 amide bonds. The molecule has 29 heavy (non-hydrogen) atoms. The molecule has 148 valence electrons. The van der Waals surface area contributed by atoms with Crippen LogP contribution < -0.4 is 5.43 Å². The molecule has 2 heterocycles.